The molecule has 1 heterocycles. The van der Waals surface area contributed by atoms with Crippen LogP contribution in [0.4, 0.5) is 27.8 Å². The molecular formula is C24H23F5N4O3. The third-order valence-electron chi connectivity index (χ3n) is 5.61. The van der Waals surface area contributed by atoms with Crippen LogP contribution in [0.3, 0.4) is 0 Å². The Balaban J connectivity index is 1.63. The molecule has 192 valence electrons. The molecule has 0 bridgehead atoms. The van der Waals surface area contributed by atoms with E-state index in [1.54, 1.807) is 13.8 Å². The quantitative estimate of drug-likeness (QED) is 0.357. The van der Waals surface area contributed by atoms with Crippen molar-refractivity contribution in [2.75, 3.05) is 5.32 Å². The number of rotatable bonds is 7. The van der Waals surface area contributed by atoms with Crippen LogP contribution in [0.25, 0.3) is 0 Å². The van der Waals surface area contributed by atoms with Crippen LogP contribution in [0, 0.1) is 11.6 Å². The zero-order valence-corrected chi connectivity index (χ0v) is 19.4. The summed E-state index contributed by atoms with van der Waals surface area (Å²) in [5.74, 6) is -3.02. The van der Waals surface area contributed by atoms with E-state index in [1.807, 2.05) is 0 Å². The molecule has 3 aromatic rings. The highest BCUT2D eigenvalue weighted by Crippen LogP contribution is 2.32. The molecule has 0 spiro atoms. The monoisotopic (exact) mass is 510 g/mol. The van der Waals surface area contributed by atoms with Crippen molar-refractivity contribution in [1.29, 1.82) is 0 Å². The summed E-state index contributed by atoms with van der Waals surface area (Å²) in [6.07, 6.45) is -6.36. The van der Waals surface area contributed by atoms with Gasteiger partial charge >= 0.3 is 6.18 Å². The van der Waals surface area contributed by atoms with Crippen LogP contribution >= 0.6 is 0 Å². The van der Waals surface area contributed by atoms with Crippen LogP contribution in [0.1, 0.15) is 49.3 Å². The van der Waals surface area contributed by atoms with Crippen LogP contribution in [0.15, 0.2) is 48.5 Å². The number of aromatic amines is 1. The third kappa shape index (κ3) is 6.06. The number of amides is 2. The number of alkyl halides is 3. The van der Waals surface area contributed by atoms with E-state index in [4.69, 9.17) is 0 Å². The van der Waals surface area contributed by atoms with Crippen molar-refractivity contribution in [2.45, 2.75) is 44.5 Å². The van der Waals surface area contributed by atoms with E-state index in [0.29, 0.717) is 11.3 Å². The molecule has 0 saturated carbocycles. The molecule has 0 saturated heterocycles. The summed E-state index contributed by atoms with van der Waals surface area (Å²) in [6.45, 7) is 4.71. The maximum Gasteiger partial charge on any atom is 0.416 e. The molecule has 0 unspecified atom stereocenters. The van der Waals surface area contributed by atoms with Crippen molar-refractivity contribution in [3.63, 3.8) is 0 Å². The molecule has 2 aromatic carbocycles. The second kappa shape index (κ2) is 10.1. The second-order valence-electron chi connectivity index (χ2n) is 8.69. The minimum Gasteiger partial charge on any atom is -0.378 e. The van der Waals surface area contributed by atoms with Gasteiger partial charge in [-0.25, -0.2) is 8.78 Å². The van der Waals surface area contributed by atoms with Crippen molar-refractivity contribution in [3.8, 4) is 0 Å². The minimum atomic E-state index is -4.56. The third-order valence-corrected chi connectivity index (χ3v) is 5.61. The topological polar surface area (TPSA) is 107 Å². The first-order chi connectivity index (χ1) is 16.7. The predicted octanol–water partition coefficient (Wildman–Crippen LogP) is 4.21. The Bertz CT molecular complexity index is 1240. The van der Waals surface area contributed by atoms with Gasteiger partial charge in [-0.05, 0) is 42.3 Å². The smallest absolute Gasteiger partial charge is 0.378 e. The molecule has 4 N–H and O–H groups in total. The van der Waals surface area contributed by atoms with Gasteiger partial charge in [0.2, 0.25) is 5.91 Å². The number of aliphatic hydroxyl groups is 1. The Morgan fingerprint density at radius 2 is 1.53 bits per heavy atom. The first kappa shape index (κ1) is 26.8. The SMILES string of the molecule is C[C@H](NC(=O)[C@@H](O)c1ccc(C(F)(F)F)cc1)C(=O)Nc1cc(C(C)(C)c2cc(F)cc(F)c2)n[nH]1. The Labute approximate surface area is 202 Å². The molecule has 36 heavy (non-hydrogen) atoms. The molecule has 7 nitrogen and oxygen atoms in total. The molecule has 0 aliphatic carbocycles. The summed E-state index contributed by atoms with van der Waals surface area (Å²) in [6, 6.07) is 6.83. The van der Waals surface area contributed by atoms with Crippen LogP contribution < -0.4 is 10.6 Å². The zero-order valence-electron chi connectivity index (χ0n) is 19.4. The standard InChI is InChI=1S/C24H23F5N4O3/c1-12(30-22(36)20(34)13-4-6-14(7-5-13)24(27,28)29)21(35)31-19-11-18(32-33-19)23(2,3)15-8-16(25)10-17(26)9-15/h4-12,20,34H,1-3H3,(H,30,36)(H2,31,32,33,35)/t12-,20-/m0/s1. The van der Waals surface area contributed by atoms with E-state index >= 15 is 0 Å². The fourth-order valence-corrected chi connectivity index (χ4v) is 3.37. The summed E-state index contributed by atoms with van der Waals surface area (Å²) < 4.78 is 65.3. The van der Waals surface area contributed by atoms with Crippen LogP contribution in [0.2, 0.25) is 0 Å². The number of anilines is 1. The van der Waals surface area contributed by atoms with Crippen LogP contribution in [0.5, 0.6) is 0 Å². The zero-order chi connectivity index (χ0) is 26.8. The van der Waals surface area contributed by atoms with Gasteiger partial charge in [0.1, 0.15) is 23.5 Å². The molecule has 2 atom stereocenters. The van der Waals surface area contributed by atoms with Gasteiger partial charge in [0.05, 0.1) is 11.3 Å². The van der Waals surface area contributed by atoms with E-state index < -0.39 is 52.7 Å². The van der Waals surface area contributed by atoms with Crippen molar-refractivity contribution in [1.82, 2.24) is 15.5 Å². The van der Waals surface area contributed by atoms with Crippen molar-refractivity contribution in [2.24, 2.45) is 0 Å². The number of hydrogen-bond donors (Lipinski definition) is 4. The first-order valence-corrected chi connectivity index (χ1v) is 10.7. The maximum absolute atomic E-state index is 13.7. The van der Waals surface area contributed by atoms with E-state index in [0.717, 1.165) is 30.3 Å². The lowest BCUT2D eigenvalue weighted by Crippen LogP contribution is -2.43. The van der Waals surface area contributed by atoms with Gasteiger partial charge in [0, 0.05) is 17.5 Å². The summed E-state index contributed by atoms with van der Waals surface area (Å²) in [5.41, 5.74) is -1.24. The molecule has 0 radical (unpaired) electrons. The van der Waals surface area contributed by atoms with Gasteiger partial charge in [0.25, 0.3) is 5.91 Å². The lowest BCUT2D eigenvalue weighted by Gasteiger charge is -2.23. The summed E-state index contributed by atoms with van der Waals surface area (Å²) in [4.78, 5) is 24.8. The average Bonchev–Trinajstić information content (AvgIpc) is 3.26. The number of aromatic nitrogens is 2. The van der Waals surface area contributed by atoms with Crippen molar-refractivity contribution >= 4 is 17.6 Å². The first-order valence-electron chi connectivity index (χ1n) is 10.7. The molecule has 0 fully saturated rings. The van der Waals surface area contributed by atoms with Gasteiger partial charge in [-0.15, -0.1) is 0 Å². The van der Waals surface area contributed by atoms with Gasteiger partial charge in [0.15, 0.2) is 6.10 Å². The summed E-state index contributed by atoms with van der Waals surface area (Å²) in [5, 5.41) is 21.6. The van der Waals surface area contributed by atoms with E-state index in [9.17, 15) is 36.6 Å². The Hall–Kier alpha value is -3.80. The molecule has 12 heteroatoms. The van der Waals surface area contributed by atoms with Gasteiger partial charge in [-0.1, -0.05) is 26.0 Å². The number of carbonyl (C=O) groups excluding carboxylic acids is 2. The number of halogens is 5. The highest BCUT2D eigenvalue weighted by molar-refractivity contribution is 5.97. The number of hydrogen-bond acceptors (Lipinski definition) is 4. The molecule has 1 aromatic heterocycles. The highest BCUT2D eigenvalue weighted by Gasteiger charge is 2.31. The van der Waals surface area contributed by atoms with E-state index in [1.165, 1.54) is 25.1 Å². The number of nitrogens with zero attached hydrogens (tertiary/aromatic N) is 1. The summed E-state index contributed by atoms with van der Waals surface area (Å²) >= 11 is 0. The van der Waals surface area contributed by atoms with E-state index in [2.05, 4.69) is 20.8 Å². The fourth-order valence-electron chi connectivity index (χ4n) is 3.37. The number of carbonyl (C=O) groups is 2. The van der Waals surface area contributed by atoms with Crippen LogP contribution in [-0.4, -0.2) is 33.2 Å². The average molecular weight is 510 g/mol. The number of H-pyrrole nitrogens is 1. The largest absolute Gasteiger partial charge is 0.416 e. The van der Waals surface area contributed by atoms with Crippen molar-refractivity contribution < 1.29 is 36.6 Å². The summed E-state index contributed by atoms with van der Waals surface area (Å²) in [7, 11) is 0. The molecule has 0 aliphatic rings. The molecule has 0 aliphatic heterocycles. The fraction of sp³-hybridized carbons (Fsp3) is 0.292. The van der Waals surface area contributed by atoms with Crippen LogP contribution in [-0.2, 0) is 21.2 Å². The lowest BCUT2D eigenvalue weighted by atomic mass is 9.81. The van der Waals surface area contributed by atoms with Gasteiger partial charge in [-0.3, -0.25) is 14.7 Å². The molecule has 3 rings (SSSR count). The van der Waals surface area contributed by atoms with Gasteiger partial charge < -0.3 is 15.7 Å². The maximum atomic E-state index is 13.7. The lowest BCUT2D eigenvalue weighted by molar-refractivity contribution is -0.137. The molecular weight excluding hydrogens is 487 g/mol. The molecule has 2 amide bonds. The number of benzene rings is 2. The predicted molar refractivity (Wildman–Crippen MR) is 120 cm³/mol. The second-order valence-corrected chi connectivity index (χ2v) is 8.69. The van der Waals surface area contributed by atoms with E-state index in [-0.39, 0.29) is 11.4 Å². The number of aliphatic hydroxyl groups excluding tert-OH is 1. The minimum absolute atomic E-state index is 0.0812. The van der Waals surface area contributed by atoms with Crippen molar-refractivity contribution in [3.05, 3.63) is 82.5 Å². The Morgan fingerprint density at radius 1 is 0.944 bits per heavy atom. The van der Waals surface area contributed by atoms with Gasteiger partial charge in [-0.2, -0.15) is 18.3 Å². The Morgan fingerprint density at radius 3 is 2.08 bits per heavy atom. The Kier molecular flexibility index (Phi) is 7.48. The highest BCUT2D eigenvalue weighted by atomic mass is 19.4. The normalized spacial score (nSPS) is 13.7. The number of nitrogens with one attached hydrogen (secondary N) is 3.